The SMILES string of the molecule is CC(=O)O[C@@H]1C[C@H](n2cc(CNC(=O)C(F)(F)F)c(=O)[nH]c2=O)O[C@@H]1CO. The molecule has 1 amide bonds. The molecule has 150 valence electrons. The highest BCUT2D eigenvalue weighted by molar-refractivity contribution is 5.81. The molecule has 10 nitrogen and oxygen atoms in total. The van der Waals surface area contributed by atoms with Crippen LogP contribution in [0, 0.1) is 0 Å². The maximum atomic E-state index is 12.2. The first-order valence-electron chi connectivity index (χ1n) is 7.65. The molecule has 1 aromatic rings. The van der Waals surface area contributed by atoms with Crippen molar-refractivity contribution in [2.45, 2.75) is 44.5 Å². The molecule has 0 unspecified atom stereocenters. The van der Waals surface area contributed by atoms with Crippen LogP contribution in [0.2, 0.25) is 0 Å². The normalized spacial score (nSPS) is 22.5. The van der Waals surface area contributed by atoms with Crippen LogP contribution in [0.25, 0.3) is 0 Å². The Morgan fingerprint density at radius 1 is 1.44 bits per heavy atom. The molecular weight excluding hydrogens is 379 g/mol. The van der Waals surface area contributed by atoms with E-state index >= 15 is 0 Å². The highest BCUT2D eigenvalue weighted by Crippen LogP contribution is 2.29. The molecule has 0 bridgehead atoms. The van der Waals surface area contributed by atoms with E-state index < -0.39 is 60.9 Å². The number of hydrogen-bond donors (Lipinski definition) is 3. The smallest absolute Gasteiger partial charge is 0.460 e. The number of nitrogens with zero attached hydrogens (tertiary/aromatic N) is 1. The lowest BCUT2D eigenvalue weighted by atomic mass is 10.2. The number of halogens is 3. The Bertz CT molecular complexity index is 832. The summed E-state index contributed by atoms with van der Waals surface area (Å²) < 4.78 is 48.0. The lowest BCUT2D eigenvalue weighted by Crippen LogP contribution is -2.40. The number of amides is 1. The van der Waals surface area contributed by atoms with E-state index in [-0.39, 0.29) is 12.0 Å². The van der Waals surface area contributed by atoms with Gasteiger partial charge in [0, 0.05) is 26.1 Å². The van der Waals surface area contributed by atoms with Gasteiger partial charge in [-0.2, -0.15) is 13.2 Å². The van der Waals surface area contributed by atoms with Gasteiger partial charge < -0.3 is 19.9 Å². The monoisotopic (exact) mass is 395 g/mol. The fourth-order valence-electron chi connectivity index (χ4n) is 2.52. The Morgan fingerprint density at radius 3 is 2.67 bits per heavy atom. The molecule has 27 heavy (non-hydrogen) atoms. The zero-order chi connectivity index (χ0) is 20.4. The fraction of sp³-hybridized carbons (Fsp3) is 0.571. The highest BCUT2D eigenvalue weighted by atomic mass is 19.4. The molecule has 1 aliphatic rings. The quantitative estimate of drug-likeness (QED) is 0.539. The summed E-state index contributed by atoms with van der Waals surface area (Å²) in [5, 5.41) is 10.8. The minimum atomic E-state index is -5.12. The predicted molar refractivity (Wildman–Crippen MR) is 80.4 cm³/mol. The third kappa shape index (κ3) is 4.95. The van der Waals surface area contributed by atoms with Crippen molar-refractivity contribution in [1.82, 2.24) is 14.9 Å². The van der Waals surface area contributed by atoms with Crippen LogP contribution in [0.1, 0.15) is 25.1 Å². The van der Waals surface area contributed by atoms with Gasteiger partial charge in [0.15, 0.2) is 0 Å². The molecule has 0 aromatic carbocycles. The number of rotatable bonds is 5. The molecule has 2 rings (SSSR count). The Hall–Kier alpha value is -2.67. The van der Waals surface area contributed by atoms with Crippen molar-refractivity contribution in [2.75, 3.05) is 6.61 Å². The molecule has 1 aromatic heterocycles. The van der Waals surface area contributed by atoms with Gasteiger partial charge in [-0.1, -0.05) is 0 Å². The molecule has 13 heteroatoms. The van der Waals surface area contributed by atoms with Crippen LogP contribution in [-0.2, 0) is 25.6 Å². The number of ether oxygens (including phenoxy) is 2. The molecule has 1 aliphatic heterocycles. The average Bonchev–Trinajstić information content (AvgIpc) is 2.94. The summed E-state index contributed by atoms with van der Waals surface area (Å²) in [5.74, 6) is -2.88. The molecule has 0 aliphatic carbocycles. The Balaban J connectivity index is 2.23. The van der Waals surface area contributed by atoms with Gasteiger partial charge >= 0.3 is 23.7 Å². The summed E-state index contributed by atoms with van der Waals surface area (Å²) in [5.41, 5.74) is -2.23. The zero-order valence-electron chi connectivity index (χ0n) is 13.9. The number of aromatic nitrogens is 2. The molecular formula is C14H16F3N3O7. The van der Waals surface area contributed by atoms with E-state index in [0.717, 1.165) is 17.7 Å². The van der Waals surface area contributed by atoms with E-state index in [1.54, 1.807) is 0 Å². The topological polar surface area (TPSA) is 140 Å². The van der Waals surface area contributed by atoms with Crippen molar-refractivity contribution in [1.29, 1.82) is 0 Å². The lowest BCUT2D eigenvalue weighted by Gasteiger charge is -2.16. The summed E-state index contributed by atoms with van der Waals surface area (Å²) in [7, 11) is 0. The second-order valence-electron chi connectivity index (χ2n) is 5.70. The number of carbonyl (C=O) groups excluding carboxylic acids is 2. The standard InChI is InChI=1S/C14H16F3N3O7/c1-6(22)26-8-2-10(27-9(8)5-21)20-4-7(11(23)19-13(20)25)3-18-12(24)14(15,16)17/h4,8-10,21H,2-3,5H2,1H3,(H,18,24)(H,19,23,25)/t8-,9-,10-/m1/s1. The molecule has 1 fully saturated rings. The maximum absolute atomic E-state index is 12.2. The van der Waals surface area contributed by atoms with Gasteiger partial charge in [-0.25, -0.2) is 4.79 Å². The largest absolute Gasteiger partial charge is 0.471 e. The van der Waals surface area contributed by atoms with E-state index in [4.69, 9.17) is 9.47 Å². The van der Waals surface area contributed by atoms with Crippen molar-refractivity contribution in [3.8, 4) is 0 Å². The van der Waals surface area contributed by atoms with Crippen molar-refractivity contribution >= 4 is 11.9 Å². The summed E-state index contributed by atoms with van der Waals surface area (Å²) in [6.45, 7) is -0.145. The molecule has 0 radical (unpaired) electrons. The Morgan fingerprint density at radius 2 is 2.11 bits per heavy atom. The number of H-pyrrole nitrogens is 1. The van der Waals surface area contributed by atoms with Crippen LogP contribution in [0.15, 0.2) is 15.8 Å². The van der Waals surface area contributed by atoms with Gasteiger partial charge in [0.05, 0.1) is 12.2 Å². The van der Waals surface area contributed by atoms with Gasteiger partial charge in [0.2, 0.25) is 0 Å². The first kappa shape index (κ1) is 20.6. The molecule has 0 spiro atoms. The number of nitrogens with one attached hydrogen (secondary N) is 2. The first-order valence-corrected chi connectivity index (χ1v) is 7.65. The van der Waals surface area contributed by atoms with Crippen LogP contribution in [0.3, 0.4) is 0 Å². The first-order chi connectivity index (χ1) is 12.5. The molecule has 3 atom stereocenters. The summed E-state index contributed by atoms with van der Waals surface area (Å²) in [6.07, 6.45) is -7.05. The van der Waals surface area contributed by atoms with Crippen molar-refractivity contribution in [2.24, 2.45) is 0 Å². The third-order valence-electron chi connectivity index (χ3n) is 3.73. The third-order valence-corrected chi connectivity index (χ3v) is 3.73. The lowest BCUT2D eigenvalue weighted by molar-refractivity contribution is -0.173. The molecule has 0 saturated carbocycles. The van der Waals surface area contributed by atoms with Crippen LogP contribution in [-0.4, -0.2) is 51.5 Å². The van der Waals surface area contributed by atoms with E-state index in [2.05, 4.69) is 0 Å². The number of carbonyl (C=O) groups is 2. The van der Waals surface area contributed by atoms with E-state index in [1.165, 1.54) is 5.32 Å². The number of hydrogen-bond acceptors (Lipinski definition) is 7. The highest BCUT2D eigenvalue weighted by Gasteiger charge is 2.39. The van der Waals surface area contributed by atoms with Gasteiger partial charge in [0.25, 0.3) is 5.56 Å². The van der Waals surface area contributed by atoms with Crippen molar-refractivity contribution in [3.63, 3.8) is 0 Å². The van der Waals surface area contributed by atoms with E-state index in [9.17, 15) is 37.5 Å². The second-order valence-corrected chi connectivity index (χ2v) is 5.70. The van der Waals surface area contributed by atoms with E-state index in [1.807, 2.05) is 4.98 Å². The van der Waals surface area contributed by atoms with Gasteiger partial charge in [-0.15, -0.1) is 0 Å². The minimum absolute atomic E-state index is 0.0366. The summed E-state index contributed by atoms with van der Waals surface area (Å²) in [6, 6.07) is 0. The molecule has 2 heterocycles. The Labute approximate surface area is 148 Å². The second kappa shape index (κ2) is 7.92. The van der Waals surface area contributed by atoms with Crippen molar-refractivity contribution in [3.05, 3.63) is 32.6 Å². The summed E-state index contributed by atoms with van der Waals surface area (Å²) in [4.78, 5) is 47.6. The number of aliphatic hydroxyl groups is 1. The van der Waals surface area contributed by atoms with Gasteiger partial charge in [-0.3, -0.25) is 23.9 Å². The van der Waals surface area contributed by atoms with Crippen LogP contribution >= 0.6 is 0 Å². The number of esters is 1. The molecule has 3 N–H and O–H groups in total. The maximum Gasteiger partial charge on any atom is 0.471 e. The number of aromatic amines is 1. The zero-order valence-corrected chi connectivity index (χ0v) is 13.9. The van der Waals surface area contributed by atoms with Crippen LogP contribution in [0.5, 0.6) is 0 Å². The number of alkyl halides is 3. The molecule has 1 saturated heterocycles. The van der Waals surface area contributed by atoms with Gasteiger partial charge in [0.1, 0.15) is 18.4 Å². The van der Waals surface area contributed by atoms with Gasteiger partial charge in [-0.05, 0) is 0 Å². The van der Waals surface area contributed by atoms with Crippen molar-refractivity contribution < 1.29 is 37.3 Å². The fourth-order valence-corrected chi connectivity index (χ4v) is 2.52. The predicted octanol–water partition coefficient (Wildman–Crippen LogP) is -1.07. The van der Waals surface area contributed by atoms with Crippen LogP contribution in [0.4, 0.5) is 13.2 Å². The Kier molecular flexibility index (Phi) is 6.05. The summed E-state index contributed by atoms with van der Waals surface area (Å²) >= 11 is 0. The number of aliphatic hydroxyl groups excluding tert-OH is 1. The average molecular weight is 395 g/mol. The minimum Gasteiger partial charge on any atom is -0.460 e. The van der Waals surface area contributed by atoms with Crippen LogP contribution < -0.4 is 16.6 Å². The van der Waals surface area contributed by atoms with E-state index in [0.29, 0.717) is 0 Å².